The molecule has 0 radical (unpaired) electrons. The maximum atomic E-state index is 13.2. The molecule has 2 rings (SSSR count). The minimum Gasteiger partial charge on any atom is -0.483 e. The summed E-state index contributed by atoms with van der Waals surface area (Å²) in [4.78, 5) is 15.8. The zero-order valence-corrected chi connectivity index (χ0v) is 14.7. The molecule has 0 aliphatic carbocycles. The van der Waals surface area contributed by atoms with Gasteiger partial charge in [-0.25, -0.2) is 14.4 Å². The van der Waals surface area contributed by atoms with Gasteiger partial charge in [0.25, 0.3) is 6.47 Å². The lowest BCUT2D eigenvalue weighted by molar-refractivity contribution is -0.141. The summed E-state index contributed by atoms with van der Waals surface area (Å²) < 4.78 is 52.8. The van der Waals surface area contributed by atoms with E-state index in [2.05, 4.69) is 20.6 Å². The standard InChI is InChI=1S/C16H18F4N4.CH2O2/c1-10(2)7-21-8-11-9-22-15(24-14(11)16(18,19)20)23-13-5-3-4-12(17)6-13;2-1-3/h3-6,9-10,21H,7-8H2,1-2H3,(H,22,23,24);1H,(H,2,3). The number of aromatic nitrogens is 2. The van der Waals surface area contributed by atoms with E-state index < -0.39 is 17.7 Å². The third-order valence-electron chi connectivity index (χ3n) is 3.08. The van der Waals surface area contributed by atoms with Gasteiger partial charge in [-0.05, 0) is 30.7 Å². The summed E-state index contributed by atoms with van der Waals surface area (Å²) >= 11 is 0. The molecule has 0 amide bonds. The van der Waals surface area contributed by atoms with Crippen molar-refractivity contribution >= 4 is 18.1 Å². The minimum atomic E-state index is -4.60. The van der Waals surface area contributed by atoms with Crippen molar-refractivity contribution in [2.45, 2.75) is 26.6 Å². The average Bonchev–Trinajstić information content (AvgIpc) is 2.55. The number of alkyl halides is 3. The minimum absolute atomic E-state index is 0.0211. The Labute approximate surface area is 153 Å². The number of nitrogens with one attached hydrogen (secondary N) is 2. The molecule has 10 heteroatoms. The molecule has 0 spiro atoms. The number of rotatable bonds is 6. The first-order chi connectivity index (χ1) is 12.7. The second kappa shape index (κ2) is 10.4. The number of halogens is 4. The number of anilines is 2. The van der Waals surface area contributed by atoms with Crippen LogP contribution in [0.1, 0.15) is 25.1 Å². The van der Waals surface area contributed by atoms with Crippen molar-refractivity contribution in [3.05, 3.63) is 47.5 Å². The van der Waals surface area contributed by atoms with Crippen LogP contribution >= 0.6 is 0 Å². The molecule has 148 valence electrons. The van der Waals surface area contributed by atoms with Gasteiger partial charge in [-0.3, -0.25) is 4.79 Å². The molecule has 0 aliphatic heterocycles. The molecule has 6 nitrogen and oxygen atoms in total. The smallest absolute Gasteiger partial charge is 0.433 e. The highest BCUT2D eigenvalue weighted by molar-refractivity contribution is 5.53. The molecule has 0 fully saturated rings. The van der Waals surface area contributed by atoms with Gasteiger partial charge >= 0.3 is 6.18 Å². The van der Waals surface area contributed by atoms with E-state index in [-0.39, 0.29) is 30.2 Å². The summed E-state index contributed by atoms with van der Waals surface area (Å²) in [5.74, 6) is -0.430. The van der Waals surface area contributed by atoms with Crippen molar-refractivity contribution in [2.75, 3.05) is 11.9 Å². The van der Waals surface area contributed by atoms with E-state index >= 15 is 0 Å². The fourth-order valence-electron chi connectivity index (χ4n) is 2.03. The second-order valence-corrected chi connectivity index (χ2v) is 5.83. The van der Waals surface area contributed by atoms with Crippen molar-refractivity contribution in [3.63, 3.8) is 0 Å². The quantitative estimate of drug-likeness (QED) is 0.515. The van der Waals surface area contributed by atoms with E-state index in [4.69, 9.17) is 9.90 Å². The van der Waals surface area contributed by atoms with Gasteiger partial charge < -0.3 is 15.7 Å². The SMILES string of the molecule is CC(C)CNCc1cnc(Nc2cccc(F)c2)nc1C(F)(F)F.O=CO. The van der Waals surface area contributed by atoms with Crippen molar-refractivity contribution in [1.29, 1.82) is 0 Å². The van der Waals surface area contributed by atoms with Crippen LogP contribution < -0.4 is 10.6 Å². The molecule has 0 aliphatic rings. The Morgan fingerprint density at radius 2 is 1.96 bits per heavy atom. The summed E-state index contributed by atoms with van der Waals surface area (Å²) in [7, 11) is 0. The van der Waals surface area contributed by atoms with Gasteiger partial charge in [-0.15, -0.1) is 0 Å². The predicted octanol–water partition coefficient (Wildman–Crippen LogP) is 3.82. The fraction of sp³-hybridized carbons (Fsp3) is 0.353. The van der Waals surface area contributed by atoms with E-state index in [1.165, 1.54) is 18.2 Å². The van der Waals surface area contributed by atoms with Gasteiger partial charge in [0.2, 0.25) is 5.95 Å². The van der Waals surface area contributed by atoms with Crippen LogP contribution in [-0.2, 0) is 17.5 Å². The molecule has 1 heterocycles. The Kier molecular flexibility index (Phi) is 8.60. The van der Waals surface area contributed by atoms with Gasteiger partial charge in [0, 0.05) is 24.0 Å². The average molecular weight is 388 g/mol. The van der Waals surface area contributed by atoms with Crippen LogP contribution in [0.15, 0.2) is 30.5 Å². The van der Waals surface area contributed by atoms with Gasteiger partial charge in [-0.2, -0.15) is 13.2 Å². The third-order valence-corrected chi connectivity index (χ3v) is 3.08. The monoisotopic (exact) mass is 388 g/mol. The van der Waals surface area contributed by atoms with E-state index in [0.29, 0.717) is 12.5 Å². The largest absolute Gasteiger partial charge is 0.483 e. The number of carboxylic acid groups (broad SMARTS) is 1. The molecule has 0 saturated carbocycles. The molecule has 0 saturated heterocycles. The number of benzene rings is 1. The molecule has 1 aromatic carbocycles. The fourth-order valence-corrected chi connectivity index (χ4v) is 2.03. The van der Waals surface area contributed by atoms with E-state index in [9.17, 15) is 17.6 Å². The number of carbonyl (C=O) groups is 1. The van der Waals surface area contributed by atoms with Crippen LogP contribution in [0.4, 0.5) is 29.2 Å². The zero-order chi connectivity index (χ0) is 20.4. The van der Waals surface area contributed by atoms with Gasteiger partial charge in [0.05, 0.1) is 0 Å². The molecule has 2 aromatic rings. The molecule has 1 aromatic heterocycles. The summed E-state index contributed by atoms with van der Waals surface area (Å²) in [6, 6.07) is 5.33. The van der Waals surface area contributed by atoms with Crippen LogP contribution in [0.2, 0.25) is 0 Å². The normalized spacial score (nSPS) is 10.9. The lowest BCUT2D eigenvalue weighted by Crippen LogP contribution is -2.23. The predicted molar refractivity (Wildman–Crippen MR) is 92.0 cm³/mol. The maximum Gasteiger partial charge on any atom is 0.433 e. The summed E-state index contributed by atoms with van der Waals surface area (Å²) in [5, 5.41) is 12.4. The van der Waals surface area contributed by atoms with Crippen molar-refractivity contribution in [3.8, 4) is 0 Å². The summed E-state index contributed by atoms with van der Waals surface area (Å²) in [5.41, 5.74) is -0.769. The van der Waals surface area contributed by atoms with Crippen molar-refractivity contribution in [2.24, 2.45) is 5.92 Å². The Balaban J connectivity index is 0.00000114. The Morgan fingerprint density at radius 1 is 1.30 bits per heavy atom. The first-order valence-electron chi connectivity index (χ1n) is 7.91. The summed E-state index contributed by atoms with van der Waals surface area (Å²) in [6.07, 6.45) is -3.47. The highest BCUT2D eigenvalue weighted by atomic mass is 19.4. The Hall–Kier alpha value is -2.75. The molecule has 27 heavy (non-hydrogen) atoms. The molecule has 0 unspecified atom stereocenters. The molecular formula is C17H20F4N4O2. The third kappa shape index (κ3) is 7.99. The molecular weight excluding hydrogens is 368 g/mol. The van der Waals surface area contributed by atoms with Gasteiger partial charge in [0.15, 0.2) is 5.69 Å². The van der Waals surface area contributed by atoms with Crippen molar-refractivity contribution < 1.29 is 27.5 Å². The van der Waals surface area contributed by atoms with Gasteiger partial charge in [-0.1, -0.05) is 19.9 Å². The van der Waals surface area contributed by atoms with E-state index in [1.54, 1.807) is 0 Å². The Morgan fingerprint density at radius 3 is 2.52 bits per heavy atom. The van der Waals surface area contributed by atoms with Crippen molar-refractivity contribution in [1.82, 2.24) is 15.3 Å². The van der Waals surface area contributed by atoms with E-state index in [0.717, 1.165) is 12.3 Å². The second-order valence-electron chi connectivity index (χ2n) is 5.83. The first kappa shape index (κ1) is 22.3. The first-order valence-corrected chi connectivity index (χ1v) is 7.91. The highest BCUT2D eigenvalue weighted by Gasteiger charge is 2.36. The van der Waals surface area contributed by atoms with Crippen LogP contribution in [0, 0.1) is 11.7 Å². The van der Waals surface area contributed by atoms with Gasteiger partial charge in [0.1, 0.15) is 5.82 Å². The highest BCUT2D eigenvalue weighted by Crippen LogP contribution is 2.31. The molecule has 0 bridgehead atoms. The summed E-state index contributed by atoms with van der Waals surface area (Å²) in [6.45, 7) is 4.27. The lowest BCUT2D eigenvalue weighted by atomic mass is 10.2. The van der Waals surface area contributed by atoms with Crippen LogP contribution in [0.25, 0.3) is 0 Å². The van der Waals surface area contributed by atoms with Crippen LogP contribution in [0.3, 0.4) is 0 Å². The van der Waals surface area contributed by atoms with E-state index in [1.807, 2.05) is 13.8 Å². The number of hydrogen-bond acceptors (Lipinski definition) is 5. The topological polar surface area (TPSA) is 87.1 Å². The zero-order valence-electron chi connectivity index (χ0n) is 14.7. The van der Waals surface area contributed by atoms with Crippen LogP contribution in [-0.4, -0.2) is 28.1 Å². The molecule has 3 N–H and O–H groups in total. The molecule has 0 atom stereocenters. The number of nitrogens with zero attached hydrogens (tertiary/aromatic N) is 2. The number of hydrogen-bond donors (Lipinski definition) is 3. The maximum absolute atomic E-state index is 13.2. The lowest BCUT2D eigenvalue weighted by Gasteiger charge is -2.14. The Bertz CT molecular complexity index is 739. The van der Waals surface area contributed by atoms with Crippen LogP contribution in [0.5, 0.6) is 0 Å².